The first-order valence-corrected chi connectivity index (χ1v) is 5.76. The van der Waals surface area contributed by atoms with Gasteiger partial charge < -0.3 is 5.32 Å². The molecule has 0 bridgehead atoms. The van der Waals surface area contributed by atoms with Gasteiger partial charge in [-0.2, -0.15) is 0 Å². The molecule has 2 aliphatic rings. The van der Waals surface area contributed by atoms with E-state index in [2.05, 4.69) is 29.6 Å². The number of rotatable bonds is 2. The van der Waals surface area contributed by atoms with E-state index in [0.717, 1.165) is 18.4 Å². The van der Waals surface area contributed by atoms with Crippen LogP contribution in [0.5, 0.6) is 0 Å². The molecule has 1 atom stereocenters. The minimum Gasteiger partial charge on any atom is -0.384 e. The highest BCUT2D eigenvalue weighted by atomic mass is 14.9. The van der Waals surface area contributed by atoms with E-state index in [4.69, 9.17) is 0 Å². The molecule has 0 amide bonds. The average molecular weight is 187 g/mol. The Bertz CT molecular complexity index is 328. The highest BCUT2D eigenvalue weighted by Crippen LogP contribution is 2.40. The molecule has 14 heavy (non-hydrogen) atoms. The van der Waals surface area contributed by atoms with E-state index in [1.807, 2.05) is 0 Å². The number of nitrogens with one attached hydrogen (secondary N) is 1. The molecule has 3 rings (SSSR count). The van der Waals surface area contributed by atoms with Crippen LogP contribution in [0.2, 0.25) is 0 Å². The summed E-state index contributed by atoms with van der Waals surface area (Å²) in [4.78, 5) is 0. The zero-order valence-electron chi connectivity index (χ0n) is 8.50. The van der Waals surface area contributed by atoms with Crippen molar-refractivity contribution in [2.45, 2.75) is 31.6 Å². The van der Waals surface area contributed by atoms with Gasteiger partial charge in [0.25, 0.3) is 0 Å². The minimum absolute atomic E-state index is 0.788. The number of hydrogen-bond acceptors (Lipinski definition) is 1. The number of benzene rings is 1. The van der Waals surface area contributed by atoms with Crippen LogP contribution in [-0.2, 0) is 0 Å². The van der Waals surface area contributed by atoms with Gasteiger partial charge in [-0.05, 0) is 24.0 Å². The lowest BCUT2D eigenvalue weighted by atomic mass is 9.78. The normalized spacial score (nSPS) is 25.3. The Kier molecular flexibility index (Phi) is 1.97. The molecule has 1 N–H and O–H groups in total. The molecular weight excluding hydrogens is 170 g/mol. The van der Waals surface area contributed by atoms with Gasteiger partial charge in [-0.1, -0.05) is 37.5 Å². The summed E-state index contributed by atoms with van der Waals surface area (Å²) < 4.78 is 0. The van der Waals surface area contributed by atoms with Crippen LogP contribution in [0.15, 0.2) is 24.3 Å². The van der Waals surface area contributed by atoms with Crippen LogP contribution in [-0.4, -0.2) is 6.54 Å². The van der Waals surface area contributed by atoms with Crippen molar-refractivity contribution in [2.24, 2.45) is 5.92 Å². The molecule has 1 heterocycles. The number of anilines is 1. The van der Waals surface area contributed by atoms with Gasteiger partial charge >= 0.3 is 0 Å². The maximum atomic E-state index is 3.50. The third kappa shape index (κ3) is 1.31. The smallest absolute Gasteiger partial charge is 0.0376 e. The lowest BCUT2D eigenvalue weighted by Crippen LogP contribution is -2.16. The van der Waals surface area contributed by atoms with Gasteiger partial charge in [0.05, 0.1) is 0 Å². The van der Waals surface area contributed by atoms with Crippen molar-refractivity contribution >= 4 is 5.69 Å². The monoisotopic (exact) mass is 187 g/mol. The molecule has 0 radical (unpaired) electrons. The second-order valence-corrected chi connectivity index (χ2v) is 4.70. The summed E-state index contributed by atoms with van der Waals surface area (Å²) in [6.45, 7) is 1.16. The summed E-state index contributed by atoms with van der Waals surface area (Å²) in [5, 5.41) is 3.50. The van der Waals surface area contributed by atoms with Crippen molar-refractivity contribution in [3.8, 4) is 0 Å². The average Bonchev–Trinajstić information content (AvgIpc) is 2.55. The molecular formula is C13H17N. The summed E-state index contributed by atoms with van der Waals surface area (Å²) in [7, 11) is 0. The predicted octanol–water partition coefficient (Wildman–Crippen LogP) is 3.39. The van der Waals surface area contributed by atoms with E-state index in [9.17, 15) is 0 Å². The second-order valence-electron chi connectivity index (χ2n) is 4.70. The maximum absolute atomic E-state index is 3.50. The Morgan fingerprint density at radius 1 is 1.21 bits per heavy atom. The highest BCUT2D eigenvalue weighted by molar-refractivity contribution is 5.57. The van der Waals surface area contributed by atoms with Gasteiger partial charge in [0.2, 0.25) is 0 Å². The van der Waals surface area contributed by atoms with Crippen molar-refractivity contribution in [2.75, 3.05) is 11.9 Å². The Balaban J connectivity index is 1.76. The summed E-state index contributed by atoms with van der Waals surface area (Å²) in [6, 6.07) is 8.78. The molecule has 0 aromatic heterocycles. The third-order valence-corrected chi connectivity index (χ3v) is 3.78. The Labute approximate surface area is 85.5 Å². The fourth-order valence-corrected chi connectivity index (χ4v) is 2.70. The van der Waals surface area contributed by atoms with Crippen LogP contribution < -0.4 is 5.32 Å². The summed E-state index contributed by atoms with van der Waals surface area (Å²) >= 11 is 0. The third-order valence-electron chi connectivity index (χ3n) is 3.78. The molecule has 1 nitrogen and oxygen atoms in total. The molecule has 1 fully saturated rings. The van der Waals surface area contributed by atoms with Crippen LogP contribution in [0.3, 0.4) is 0 Å². The topological polar surface area (TPSA) is 12.0 Å². The first kappa shape index (κ1) is 8.34. The molecule has 1 saturated carbocycles. The standard InChI is InChI=1S/C13H17N/c1-2-7-13-12(6-1)11(9-14-13)8-10-4-3-5-10/h1-2,6-7,10-11,14H,3-5,8-9H2. The molecule has 1 aliphatic heterocycles. The van der Waals surface area contributed by atoms with E-state index in [-0.39, 0.29) is 0 Å². The Morgan fingerprint density at radius 3 is 2.86 bits per heavy atom. The van der Waals surface area contributed by atoms with Crippen molar-refractivity contribution in [1.29, 1.82) is 0 Å². The lowest BCUT2D eigenvalue weighted by Gasteiger charge is -2.27. The van der Waals surface area contributed by atoms with Crippen molar-refractivity contribution in [3.05, 3.63) is 29.8 Å². The first-order chi connectivity index (χ1) is 6.93. The zero-order chi connectivity index (χ0) is 9.38. The van der Waals surface area contributed by atoms with Gasteiger partial charge in [-0.25, -0.2) is 0 Å². The number of hydrogen-bond donors (Lipinski definition) is 1. The van der Waals surface area contributed by atoms with Crippen molar-refractivity contribution in [1.82, 2.24) is 0 Å². The van der Waals surface area contributed by atoms with Gasteiger partial charge in [0.1, 0.15) is 0 Å². The predicted molar refractivity (Wildman–Crippen MR) is 59.6 cm³/mol. The summed E-state index contributed by atoms with van der Waals surface area (Å²) in [6.07, 6.45) is 5.81. The fourth-order valence-electron chi connectivity index (χ4n) is 2.70. The molecule has 0 saturated heterocycles. The molecule has 1 heteroatoms. The van der Waals surface area contributed by atoms with Crippen LogP contribution in [0.4, 0.5) is 5.69 Å². The SMILES string of the molecule is c1ccc2c(c1)NCC2CC1CCC1. The van der Waals surface area contributed by atoms with Crippen LogP contribution >= 0.6 is 0 Å². The zero-order valence-corrected chi connectivity index (χ0v) is 8.50. The fraction of sp³-hybridized carbons (Fsp3) is 0.538. The van der Waals surface area contributed by atoms with Crippen LogP contribution in [0.25, 0.3) is 0 Å². The molecule has 0 spiro atoms. The minimum atomic E-state index is 0.788. The van der Waals surface area contributed by atoms with E-state index in [0.29, 0.717) is 0 Å². The molecule has 1 aromatic carbocycles. The Morgan fingerprint density at radius 2 is 2.07 bits per heavy atom. The van der Waals surface area contributed by atoms with Gasteiger partial charge in [0, 0.05) is 18.2 Å². The van der Waals surface area contributed by atoms with Crippen molar-refractivity contribution < 1.29 is 0 Å². The van der Waals surface area contributed by atoms with E-state index < -0.39 is 0 Å². The lowest BCUT2D eigenvalue weighted by molar-refractivity contribution is 0.280. The van der Waals surface area contributed by atoms with E-state index in [1.165, 1.54) is 31.4 Å². The van der Waals surface area contributed by atoms with E-state index in [1.54, 1.807) is 5.56 Å². The van der Waals surface area contributed by atoms with Crippen molar-refractivity contribution in [3.63, 3.8) is 0 Å². The van der Waals surface area contributed by atoms with E-state index >= 15 is 0 Å². The molecule has 74 valence electrons. The highest BCUT2D eigenvalue weighted by Gasteiger charge is 2.27. The summed E-state index contributed by atoms with van der Waals surface area (Å²) in [5.74, 6) is 1.81. The van der Waals surface area contributed by atoms with Gasteiger partial charge in [-0.3, -0.25) is 0 Å². The first-order valence-electron chi connectivity index (χ1n) is 5.76. The second kappa shape index (κ2) is 3.30. The molecule has 1 aromatic rings. The number of fused-ring (bicyclic) bond motifs is 1. The van der Waals surface area contributed by atoms with Crippen LogP contribution in [0, 0.1) is 5.92 Å². The molecule has 1 unspecified atom stereocenters. The summed E-state index contributed by atoms with van der Waals surface area (Å²) in [5.41, 5.74) is 2.93. The Hall–Kier alpha value is -0.980. The quantitative estimate of drug-likeness (QED) is 0.748. The van der Waals surface area contributed by atoms with Crippen LogP contribution in [0.1, 0.15) is 37.2 Å². The largest absolute Gasteiger partial charge is 0.384 e. The maximum Gasteiger partial charge on any atom is 0.0376 e. The number of para-hydroxylation sites is 1. The molecule has 1 aliphatic carbocycles. The van der Waals surface area contributed by atoms with Gasteiger partial charge in [0.15, 0.2) is 0 Å². The van der Waals surface area contributed by atoms with Gasteiger partial charge in [-0.15, -0.1) is 0 Å².